The highest BCUT2D eigenvalue weighted by atomic mass is 19.1. The molecule has 2 aromatic rings. The average molecular weight is 253 g/mol. The van der Waals surface area contributed by atoms with Gasteiger partial charge >= 0.3 is 0 Å². The molecule has 1 aromatic heterocycles. The molecule has 1 aromatic carbocycles. The van der Waals surface area contributed by atoms with Crippen LogP contribution in [0.15, 0.2) is 24.5 Å². The Labute approximate surface area is 103 Å². The van der Waals surface area contributed by atoms with Gasteiger partial charge in [-0.1, -0.05) is 6.07 Å². The number of methoxy groups -OCH3 is 1. The molecule has 0 unspecified atom stereocenters. The monoisotopic (exact) mass is 253 g/mol. The maximum absolute atomic E-state index is 13.9. The Balaban J connectivity index is 2.29. The van der Waals surface area contributed by atoms with Gasteiger partial charge in [0.1, 0.15) is 0 Å². The lowest BCUT2D eigenvalue weighted by molar-refractivity contribution is 0.356. The second-order valence-corrected chi connectivity index (χ2v) is 3.73. The Morgan fingerprint density at radius 1 is 1.39 bits per heavy atom. The summed E-state index contributed by atoms with van der Waals surface area (Å²) < 4.78 is 33.4. The van der Waals surface area contributed by atoms with E-state index in [2.05, 4.69) is 15.2 Å². The van der Waals surface area contributed by atoms with E-state index in [0.717, 1.165) is 5.69 Å². The van der Waals surface area contributed by atoms with Gasteiger partial charge in [0, 0.05) is 18.8 Å². The van der Waals surface area contributed by atoms with Crippen molar-refractivity contribution in [1.82, 2.24) is 9.78 Å². The van der Waals surface area contributed by atoms with E-state index < -0.39 is 11.6 Å². The van der Waals surface area contributed by atoms with E-state index in [1.54, 1.807) is 24.1 Å². The summed E-state index contributed by atoms with van der Waals surface area (Å²) in [6.45, 7) is 0.212. The van der Waals surface area contributed by atoms with Crippen LogP contribution in [-0.4, -0.2) is 23.9 Å². The molecule has 0 saturated heterocycles. The molecule has 0 aliphatic heterocycles. The van der Waals surface area contributed by atoms with Crippen LogP contribution in [0, 0.1) is 11.6 Å². The topological polar surface area (TPSA) is 39.1 Å². The second kappa shape index (κ2) is 5.03. The van der Waals surface area contributed by atoms with Gasteiger partial charge in [-0.25, -0.2) is 8.78 Å². The lowest BCUT2D eigenvalue weighted by Gasteiger charge is -2.08. The van der Waals surface area contributed by atoms with Crippen LogP contribution in [0.3, 0.4) is 0 Å². The molecule has 0 fully saturated rings. The number of hydrogen-bond donors (Lipinski definition) is 1. The molecule has 4 nitrogen and oxygen atoms in total. The van der Waals surface area contributed by atoms with Crippen LogP contribution >= 0.6 is 0 Å². The zero-order valence-electron chi connectivity index (χ0n) is 10.1. The van der Waals surface area contributed by atoms with Gasteiger partial charge in [-0.2, -0.15) is 5.10 Å². The zero-order valence-corrected chi connectivity index (χ0v) is 10.1. The maximum Gasteiger partial charge on any atom is 0.190 e. The van der Waals surface area contributed by atoms with Crippen molar-refractivity contribution in [3.63, 3.8) is 0 Å². The van der Waals surface area contributed by atoms with Gasteiger partial charge in [0.2, 0.25) is 0 Å². The smallest absolute Gasteiger partial charge is 0.190 e. The largest absolute Gasteiger partial charge is 0.491 e. The van der Waals surface area contributed by atoms with Gasteiger partial charge in [-0.05, 0) is 6.07 Å². The molecule has 0 spiro atoms. The van der Waals surface area contributed by atoms with E-state index >= 15 is 0 Å². The SMILES string of the molecule is CNc1cnn(Cc2ccc(F)c(OC)c2F)c1. The number of benzene rings is 1. The molecule has 0 atom stereocenters. The first kappa shape index (κ1) is 12.3. The van der Waals surface area contributed by atoms with E-state index in [1.807, 2.05) is 0 Å². The molecule has 0 saturated carbocycles. The van der Waals surface area contributed by atoms with Crippen LogP contribution in [0.2, 0.25) is 0 Å². The first-order valence-corrected chi connectivity index (χ1v) is 5.36. The van der Waals surface area contributed by atoms with E-state index in [0.29, 0.717) is 5.56 Å². The van der Waals surface area contributed by atoms with Crippen molar-refractivity contribution in [2.24, 2.45) is 0 Å². The van der Waals surface area contributed by atoms with Crippen LogP contribution in [0.4, 0.5) is 14.5 Å². The molecule has 0 amide bonds. The molecule has 0 aliphatic carbocycles. The Hall–Kier alpha value is -2.11. The molecule has 1 N–H and O–H groups in total. The molecule has 0 bridgehead atoms. The Bertz CT molecular complexity index is 554. The molecule has 0 aliphatic rings. The number of halogens is 2. The van der Waals surface area contributed by atoms with Crippen LogP contribution < -0.4 is 10.1 Å². The number of anilines is 1. The summed E-state index contributed by atoms with van der Waals surface area (Å²) in [5.41, 5.74) is 1.14. The van der Waals surface area contributed by atoms with Gasteiger partial charge in [0.25, 0.3) is 0 Å². The van der Waals surface area contributed by atoms with Gasteiger partial charge in [0.15, 0.2) is 17.4 Å². The van der Waals surface area contributed by atoms with Crippen LogP contribution in [0.25, 0.3) is 0 Å². The number of aromatic nitrogens is 2. The fraction of sp³-hybridized carbons (Fsp3) is 0.250. The van der Waals surface area contributed by atoms with Gasteiger partial charge < -0.3 is 10.1 Å². The van der Waals surface area contributed by atoms with Crippen molar-refractivity contribution in [3.8, 4) is 5.75 Å². The minimum absolute atomic E-state index is 0.212. The molecule has 96 valence electrons. The van der Waals surface area contributed by atoms with Crippen molar-refractivity contribution in [2.45, 2.75) is 6.54 Å². The van der Waals surface area contributed by atoms with E-state index in [-0.39, 0.29) is 12.3 Å². The van der Waals surface area contributed by atoms with Gasteiger partial charge in [0.05, 0.1) is 25.5 Å². The third kappa shape index (κ3) is 2.27. The molecular formula is C12H13F2N3O. The zero-order chi connectivity index (χ0) is 13.1. The standard InChI is InChI=1S/C12H13F2N3O/c1-15-9-5-16-17(7-9)6-8-3-4-10(13)12(18-2)11(8)14/h3-5,7,15H,6H2,1-2H3. The normalized spacial score (nSPS) is 10.4. The van der Waals surface area contributed by atoms with Crippen LogP contribution in [0.5, 0.6) is 5.75 Å². The number of nitrogens with zero attached hydrogens (tertiary/aromatic N) is 2. The predicted molar refractivity (Wildman–Crippen MR) is 63.8 cm³/mol. The summed E-state index contributed by atoms with van der Waals surface area (Å²) in [5, 5.41) is 6.97. The highest BCUT2D eigenvalue weighted by Gasteiger charge is 2.14. The quantitative estimate of drug-likeness (QED) is 0.908. The predicted octanol–water partition coefficient (Wildman–Crippen LogP) is 2.26. The maximum atomic E-state index is 13.9. The molecule has 1 heterocycles. The molecule has 0 radical (unpaired) electrons. The van der Waals surface area contributed by atoms with Crippen LogP contribution in [0.1, 0.15) is 5.56 Å². The summed E-state index contributed by atoms with van der Waals surface area (Å²) in [4.78, 5) is 0. The van der Waals surface area contributed by atoms with Crippen molar-refractivity contribution in [3.05, 3.63) is 41.7 Å². The number of rotatable bonds is 4. The summed E-state index contributed by atoms with van der Waals surface area (Å²) in [6.07, 6.45) is 3.36. The summed E-state index contributed by atoms with van der Waals surface area (Å²) in [7, 11) is 3.00. The minimum atomic E-state index is -0.713. The lowest BCUT2D eigenvalue weighted by atomic mass is 10.2. The van der Waals surface area contributed by atoms with E-state index in [4.69, 9.17) is 0 Å². The highest BCUT2D eigenvalue weighted by Crippen LogP contribution is 2.24. The van der Waals surface area contributed by atoms with Crippen molar-refractivity contribution in [1.29, 1.82) is 0 Å². The summed E-state index contributed by atoms with van der Waals surface area (Å²) in [5.74, 6) is -1.78. The minimum Gasteiger partial charge on any atom is -0.491 e. The average Bonchev–Trinajstić information content (AvgIpc) is 2.81. The molecular weight excluding hydrogens is 240 g/mol. The Morgan fingerprint density at radius 3 is 2.78 bits per heavy atom. The first-order valence-electron chi connectivity index (χ1n) is 5.36. The Kier molecular flexibility index (Phi) is 3.45. The van der Waals surface area contributed by atoms with E-state index in [9.17, 15) is 8.78 Å². The van der Waals surface area contributed by atoms with Crippen molar-refractivity contribution in [2.75, 3.05) is 19.5 Å². The third-order valence-electron chi connectivity index (χ3n) is 2.59. The van der Waals surface area contributed by atoms with Crippen molar-refractivity contribution >= 4 is 5.69 Å². The number of hydrogen-bond acceptors (Lipinski definition) is 3. The highest BCUT2D eigenvalue weighted by molar-refractivity contribution is 5.38. The lowest BCUT2D eigenvalue weighted by Crippen LogP contribution is -2.04. The fourth-order valence-corrected chi connectivity index (χ4v) is 1.64. The molecule has 18 heavy (non-hydrogen) atoms. The van der Waals surface area contributed by atoms with Crippen LogP contribution in [-0.2, 0) is 6.54 Å². The second-order valence-electron chi connectivity index (χ2n) is 3.73. The third-order valence-corrected chi connectivity index (χ3v) is 2.59. The number of nitrogens with one attached hydrogen (secondary N) is 1. The van der Waals surface area contributed by atoms with Gasteiger partial charge in [-0.15, -0.1) is 0 Å². The molecule has 6 heteroatoms. The van der Waals surface area contributed by atoms with E-state index in [1.165, 1.54) is 19.2 Å². The Morgan fingerprint density at radius 2 is 2.17 bits per heavy atom. The fourth-order valence-electron chi connectivity index (χ4n) is 1.64. The molecule has 2 rings (SSSR count). The van der Waals surface area contributed by atoms with Gasteiger partial charge in [-0.3, -0.25) is 4.68 Å². The first-order chi connectivity index (χ1) is 8.65. The van der Waals surface area contributed by atoms with Crippen molar-refractivity contribution < 1.29 is 13.5 Å². The summed E-state index contributed by atoms with van der Waals surface area (Å²) >= 11 is 0. The number of ether oxygens (including phenoxy) is 1. The summed E-state index contributed by atoms with van der Waals surface area (Å²) in [6, 6.07) is 2.56.